The minimum absolute atomic E-state index is 0.404. The lowest BCUT2D eigenvalue weighted by atomic mass is 9.65. The molecule has 1 saturated heterocycles. The number of rotatable bonds is 1. The van der Waals surface area contributed by atoms with Gasteiger partial charge in [-0.25, -0.2) is 0 Å². The van der Waals surface area contributed by atoms with Gasteiger partial charge >= 0.3 is 0 Å². The Hall–Kier alpha value is -0.370. The molecule has 2 unspecified atom stereocenters. The van der Waals surface area contributed by atoms with Crippen LogP contribution < -0.4 is 5.32 Å². The van der Waals surface area contributed by atoms with E-state index in [-0.39, 0.29) is 0 Å². The van der Waals surface area contributed by atoms with Gasteiger partial charge in [0.05, 0.1) is 0 Å². The van der Waals surface area contributed by atoms with Crippen molar-refractivity contribution in [1.29, 1.82) is 0 Å². The van der Waals surface area contributed by atoms with Crippen molar-refractivity contribution in [3.05, 3.63) is 0 Å². The fourth-order valence-corrected chi connectivity index (χ4v) is 1.56. The van der Waals surface area contributed by atoms with E-state index in [9.17, 15) is 4.79 Å². The predicted octanol–water partition coefficient (Wildman–Crippen LogP) is -0.207. The maximum absolute atomic E-state index is 10.1. The van der Waals surface area contributed by atoms with Gasteiger partial charge in [0.1, 0.15) is 6.29 Å². The summed E-state index contributed by atoms with van der Waals surface area (Å²) in [6.07, 6.45) is 2.19. The van der Waals surface area contributed by atoms with Crippen molar-refractivity contribution in [1.82, 2.24) is 5.32 Å². The molecule has 2 heteroatoms. The Morgan fingerprint density at radius 1 is 1.62 bits per heavy atom. The lowest BCUT2D eigenvalue weighted by molar-refractivity contribution is -0.120. The Morgan fingerprint density at radius 2 is 2.50 bits per heavy atom. The third-order valence-corrected chi connectivity index (χ3v) is 2.38. The highest BCUT2D eigenvalue weighted by Crippen LogP contribution is 2.38. The zero-order valence-corrected chi connectivity index (χ0v) is 4.63. The number of nitrogens with one attached hydrogen (secondary N) is 1. The molecule has 0 amide bonds. The monoisotopic (exact) mass is 111 g/mol. The maximum atomic E-state index is 10.1. The van der Waals surface area contributed by atoms with Gasteiger partial charge in [-0.3, -0.25) is 0 Å². The van der Waals surface area contributed by atoms with E-state index in [4.69, 9.17) is 0 Å². The van der Waals surface area contributed by atoms with E-state index in [1.165, 1.54) is 0 Å². The van der Waals surface area contributed by atoms with E-state index in [0.29, 0.717) is 17.9 Å². The molecule has 2 aliphatic rings. The summed E-state index contributed by atoms with van der Waals surface area (Å²) >= 11 is 0. The summed E-state index contributed by atoms with van der Waals surface area (Å²) in [4.78, 5) is 10.1. The van der Waals surface area contributed by atoms with E-state index in [1.54, 1.807) is 0 Å². The van der Waals surface area contributed by atoms with Crippen LogP contribution in [0.3, 0.4) is 0 Å². The highest BCUT2D eigenvalue weighted by molar-refractivity contribution is 5.57. The van der Waals surface area contributed by atoms with Crippen molar-refractivity contribution in [3.63, 3.8) is 0 Å². The maximum Gasteiger partial charge on any atom is 0.123 e. The average Bonchev–Trinajstić information content (AvgIpc) is 1.76. The summed E-state index contributed by atoms with van der Waals surface area (Å²) in [5, 5.41) is 3.25. The van der Waals surface area contributed by atoms with Crippen LogP contribution >= 0.6 is 0 Å². The number of hydrogen-bond donors (Lipinski definition) is 1. The summed E-state index contributed by atoms with van der Waals surface area (Å²) in [5.41, 5.74) is 0. The van der Waals surface area contributed by atoms with Gasteiger partial charge in [0.2, 0.25) is 0 Å². The molecule has 2 fully saturated rings. The van der Waals surface area contributed by atoms with E-state index in [2.05, 4.69) is 5.32 Å². The summed E-state index contributed by atoms with van der Waals surface area (Å²) in [6.45, 7) is 1.08. The van der Waals surface area contributed by atoms with Crippen molar-refractivity contribution in [3.8, 4) is 0 Å². The van der Waals surface area contributed by atoms with Gasteiger partial charge < -0.3 is 10.1 Å². The molecule has 0 aromatic carbocycles. The minimum Gasteiger partial charge on any atom is -0.313 e. The van der Waals surface area contributed by atoms with Crippen LogP contribution in [-0.4, -0.2) is 18.9 Å². The van der Waals surface area contributed by atoms with Crippen molar-refractivity contribution in [2.75, 3.05) is 6.54 Å². The van der Waals surface area contributed by atoms with Crippen LogP contribution in [0.5, 0.6) is 0 Å². The number of hydrogen-bond acceptors (Lipinski definition) is 2. The summed E-state index contributed by atoms with van der Waals surface area (Å²) < 4.78 is 0. The Morgan fingerprint density at radius 3 is 2.62 bits per heavy atom. The molecule has 2 rings (SSSR count). The smallest absolute Gasteiger partial charge is 0.123 e. The first-order valence-corrected chi connectivity index (χ1v) is 3.10. The molecule has 3 atom stereocenters. The van der Waals surface area contributed by atoms with Crippen LogP contribution in [0.4, 0.5) is 0 Å². The molecule has 1 aliphatic heterocycles. The number of carbonyl (C=O) groups excluding carboxylic acids is 1. The molecule has 1 saturated carbocycles. The topological polar surface area (TPSA) is 29.1 Å². The first-order chi connectivity index (χ1) is 3.92. The average molecular weight is 111 g/mol. The normalized spacial score (nSPS) is 50.8. The number of piperidine rings is 1. The third kappa shape index (κ3) is 0.348. The van der Waals surface area contributed by atoms with Crippen molar-refractivity contribution < 1.29 is 4.79 Å². The van der Waals surface area contributed by atoms with Crippen molar-refractivity contribution in [2.45, 2.75) is 12.5 Å². The minimum atomic E-state index is 0.404. The van der Waals surface area contributed by atoms with Crippen LogP contribution in [0.25, 0.3) is 0 Å². The Bertz CT molecular complexity index is 124. The number of fused-ring (bicyclic) bond motifs is 1. The summed E-state index contributed by atoms with van der Waals surface area (Å²) in [6, 6.07) is 0.713. The zero-order valence-electron chi connectivity index (χ0n) is 4.63. The largest absolute Gasteiger partial charge is 0.313 e. The molecule has 0 spiro atoms. The number of carbonyl (C=O) groups is 1. The van der Waals surface area contributed by atoms with Crippen molar-refractivity contribution in [2.24, 2.45) is 11.8 Å². The molecule has 0 bridgehead atoms. The van der Waals surface area contributed by atoms with Crippen molar-refractivity contribution >= 4 is 6.29 Å². The molecule has 1 aliphatic carbocycles. The molecule has 1 heterocycles. The van der Waals surface area contributed by atoms with Gasteiger partial charge in [-0.15, -0.1) is 0 Å². The third-order valence-electron chi connectivity index (χ3n) is 2.38. The SMILES string of the molecule is O=CC1C[C@@H]2NCC12. The van der Waals surface area contributed by atoms with Gasteiger partial charge in [-0.05, 0) is 12.3 Å². The Kier molecular flexibility index (Phi) is 0.742. The molecular formula is C6H9NO. The summed E-state index contributed by atoms with van der Waals surface area (Å²) in [7, 11) is 0. The Labute approximate surface area is 48.3 Å². The molecule has 0 aromatic rings. The standard InChI is InChI=1S/C6H9NO/c8-3-4-1-6-5(4)2-7-6/h3-7H,1-2H2/t4?,5?,6-/m0/s1. The fourth-order valence-electron chi connectivity index (χ4n) is 1.56. The highest BCUT2D eigenvalue weighted by Gasteiger charge is 2.46. The van der Waals surface area contributed by atoms with Crippen LogP contribution in [0.1, 0.15) is 6.42 Å². The van der Waals surface area contributed by atoms with Crippen LogP contribution in [0.15, 0.2) is 0 Å². The van der Waals surface area contributed by atoms with Gasteiger partial charge in [-0.1, -0.05) is 0 Å². The second kappa shape index (κ2) is 1.32. The van der Waals surface area contributed by atoms with E-state index in [0.717, 1.165) is 19.3 Å². The fraction of sp³-hybridized carbons (Fsp3) is 0.833. The predicted molar refractivity (Wildman–Crippen MR) is 29.5 cm³/mol. The van der Waals surface area contributed by atoms with Gasteiger partial charge in [0.25, 0.3) is 0 Å². The van der Waals surface area contributed by atoms with Crippen LogP contribution in [0, 0.1) is 11.8 Å². The molecular weight excluding hydrogens is 102 g/mol. The molecule has 2 nitrogen and oxygen atoms in total. The van der Waals surface area contributed by atoms with Gasteiger partial charge in [0.15, 0.2) is 0 Å². The highest BCUT2D eigenvalue weighted by atomic mass is 16.1. The van der Waals surface area contributed by atoms with E-state index in [1.807, 2.05) is 0 Å². The van der Waals surface area contributed by atoms with Crippen LogP contribution in [-0.2, 0) is 4.79 Å². The molecule has 1 N–H and O–H groups in total. The zero-order chi connectivity index (χ0) is 5.56. The quantitative estimate of drug-likeness (QED) is 0.474. The summed E-state index contributed by atoms with van der Waals surface area (Å²) in [5.74, 6) is 1.12. The number of aldehydes is 1. The lowest BCUT2D eigenvalue weighted by Crippen LogP contribution is -2.64. The second-order valence-electron chi connectivity index (χ2n) is 2.71. The Balaban J connectivity index is 1.97. The molecule has 8 heavy (non-hydrogen) atoms. The van der Waals surface area contributed by atoms with Crippen LogP contribution in [0.2, 0.25) is 0 Å². The van der Waals surface area contributed by atoms with E-state index < -0.39 is 0 Å². The molecule has 0 aromatic heterocycles. The lowest BCUT2D eigenvalue weighted by Gasteiger charge is -2.51. The molecule has 44 valence electrons. The van der Waals surface area contributed by atoms with Gasteiger partial charge in [-0.2, -0.15) is 0 Å². The van der Waals surface area contributed by atoms with E-state index >= 15 is 0 Å². The first-order valence-electron chi connectivity index (χ1n) is 3.10. The first kappa shape index (κ1) is 4.50. The second-order valence-corrected chi connectivity index (χ2v) is 2.71. The van der Waals surface area contributed by atoms with Gasteiger partial charge in [0, 0.05) is 18.5 Å². The molecule has 0 radical (unpaired) electrons.